The number of nitrogens with zero attached hydrogens (tertiary/aromatic N) is 3. The van der Waals surface area contributed by atoms with Crippen LogP contribution in [0.1, 0.15) is 26.6 Å². The van der Waals surface area contributed by atoms with Crippen molar-refractivity contribution in [3.05, 3.63) is 45.4 Å². The average Bonchev–Trinajstić information content (AvgIpc) is 3.24. The van der Waals surface area contributed by atoms with Gasteiger partial charge >= 0.3 is 0 Å². The Morgan fingerprint density at radius 2 is 2.00 bits per heavy atom. The van der Waals surface area contributed by atoms with Crippen LogP contribution in [0.5, 0.6) is 0 Å². The maximum absolute atomic E-state index is 12.6. The number of carbonyl (C=O) groups is 1. The monoisotopic (exact) mass is 411 g/mol. The molecule has 0 unspecified atom stereocenters. The number of nitrogens with one attached hydrogen (secondary N) is 2. The molecule has 0 aliphatic heterocycles. The minimum atomic E-state index is -3.44. The van der Waals surface area contributed by atoms with Gasteiger partial charge in [0.15, 0.2) is 0 Å². The highest BCUT2D eigenvalue weighted by Crippen LogP contribution is 2.23. The molecule has 0 saturated heterocycles. The zero-order valence-corrected chi connectivity index (χ0v) is 16.8. The zero-order chi connectivity index (χ0) is 18.9. The Kier molecular flexibility index (Phi) is 5.12. The summed E-state index contributed by atoms with van der Waals surface area (Å²) in [5.41, 5.74) is 2.39. The lowest BCUT2D eigenvalue weighted by atomic mass is 10.2. The van der Waals surface area contributed by atoms with Crippen LogP contribution in [-0.2, 0) is 16.6 Å². The molecule has 2 N–H and O–H groups in total. The first-order chi connectivity index (χ1) is 12.2. The summed E-state index contributed by atoms with van der Waals surface area (Å²) in [7, 11) is -3.44. The van der Waals surface area contributed by atoms with Crippen molar-refractivity contribution in [2.45, 2.75) is 20.4 Å². The van der Waals surface area contributed by atoms with E-state index in [4.69, 9.17) is 0 Å². The third-order valence-corrected chi connectivity index (χ3v) is 5.94. The van der Waals surface area contributed by atoms with Crippen LogP contribution in [0.2, 0.25) is 0 Å². The molecule has 0 aliphatic rings. The van der Waals surface area contributed by atoms with Crippen LogP contribution in [0.4, 0.5) is 10.3 Å². The SMILES string of the molecule is Cc1cc(C(=O)Nc2nnc(NS(C)(=O)=O)s2)c(C)n1Cc1cccs1. The fourth-order valence-electron chi connectivity index (χ4n) is 2.47. The fourth-order valence-corrected chi connectivity index (χ4v) is 4.63. The van der Waals surface area contributed by atoms with Crippen molar-refractivity contribution in [3.8, 4) is 0 Å². The molecular formula is C15H17N5O3S3. The molecule has 3 rings (SSSR count). The molecule has 0 radical (unpaired) electrons. The van der Waals surface area contributed by atoms with Crippen LogP contribution in [0.25, 0.3) is 0 Å². The Balaban J connectivity index is 1.76. The number of hydrogen-bond acceptors (Lipinski definition) is 7. The highest BCUT2D eigenvalue weighted by molar-refractivity contribution is 7.92. The number of aryl methyl sites for hydroxylation is 1. The van der Waals surface area contributed by atoms with Crippen LogP contribution >= 0.6 is 22.7 Å². The molecule has 8 nitrogen and oxygen atoms in total. The van der Waals surface area contributed by atoms with Crippen molar-refractivity contribution in [1.82, 2.24) is 14.8 Å². The third-order valence-electron chi connectivity index (χ3n) is 3.63. The summed E-state index contributed by atoms with van der Waals surface area (Å²) in [5.74, 6) is -0.308. The molecule has 11 heteroatoms. The van der Waals surface area contributed by atoms with Gasteiger partial charge in [0, 0.05) is 16.3 Å². The van der Waals surface area contributed by atoms with Crippen LogP contribution in [-0.4, -0.2) is 35.3 Å². The largest absolute Gasteiger partial charge is 0.343 e. The lowest BCUT2D eigenvalue weighted by Gasteiger charge is -2.08. The molecule has 0 spiro atoms. The van der Waals surface area contributed by atoms with Crippen LogP contribution in [0.15, 0.2) is 23.6 Å². The van der Waals surface area contributed by atoms with E-state index in [0.717, 1.165) is 29.0 Å². The Morgan fingerprint density at radius 1 is 1.27 bits per heavy atom. The summed E-state index contributed by atoms with van der Waals surface area (Å²) in [6.45, 7) is 4.56. The summed E-state index contributed by atoms with van der Waals surface area (Å²) in [6.07, 6.45) is 1.02. The number of hydrogen-bond donors (Lipinski definition) is 2. The van der Waals surface area contributed by atoms with E-state index in [1.807, 2.05) is 31.4 Å². The Bertz CT molecular complexity index is 1030. The fraction of sp³-hybridized carbons (Fsp3) is 0.267. The van der Waals surface area contributed by atoms with Gasteiger partial charge in [0.25, 0.3) is 5.91 Å². The second-order valence-electron chi connectivity index (χ2n) is 5.69. The van der Waals surface area contributed by atoms with Crippen LogP contribution in [0.3, 0.4) is 0 Å². The molecule has 0 saturated carbocycles. The smallest absolute Gasteiger partial charge is 0.259 e. The highest BCUT2D eigenvalue weighted by Gasteiger charge is 2.18. The third kappa shape index (κ3) is 4.29. The zero-order valence-electron chi connectivity index (χ0n) is 14.3. The van der Waals surface area contributed by atoms with E-state index in [9.17, 15) is 13.2 Å². The molecule has 1 amide bonds. The molecule has 26 heavy (non-hydrogen) atoms. The standard InChI is InChI=1S/C15H17N5O3S3/c1-9-7-12(10(2)20(9)8-11-5-4-6-24-11)13(21)16-14-17-18-15(25-14)19-26(3,22)23/h4-7H,8H2,1-3H3,(H,18,19)(H,16,17,21). The molecule has 0 atom stereocenters. The van der Waals surface area contributed by atoms with Gasteiger partial charge in [-0.3, -0.25) is 14.8 Å². The molecule has 0 aromatic carbocycles. The van der Waals surface area contributed by atoms with E-state index in [1.54, 1.807) is 11.3 Å². The molecule has 0 bridgehead atoms. The molecule has 0 aliphatic carbocycles. The molecule has 3 aromatic rings. The number of aromatic nitrogens is 3. The average molecular weight is 412 g/mol. The second-order valence-corrected chi connectivity index (χ2v) is 9.45. The van der Waals surface area contributed by atoms with Gasteiger partial charge < -0.3 is 4.57 Å². The summed E-state index contributed by atoms with van der Waals surface area (Å²) < 4.78 is 26.7. The first-order valence-corrected chi connectivity index (χ1v) is 11.1. The van der Waals surface area contributed by atoms with Crippen molar-refractivity contribution < 1.29 is 13.2 Å². The van der Waals surface area contributed by atoms with Gasteiger partial charge in [0.2, 0.25) is 20.3 Å². The lowest BCUT2D eigenvalue weighted by Crippen LogP contribution is -2.13. The van der Waals surface area contributed by atoms with E-state index >= 15 is 0 Å². The van der Waals surface area contributed by atoms with Crippen LogP contribution in [0, 0.1) is 13.8 Å². The number of rotatable bonds is 6. The Labute approximate surface area is 158 Å². The van der Waals surface area contributed by atoms with Gasteiger partial charge in [0.05, 0.1) is 18.4 Å². The minimum absolute atomic E-state index is 0.103. The van der Waals surface area contributed by atoms with Gasteiger partial charge in [-0.15, -0.1) is 21.5 Å². The molecule has 3 heterocycles. The number of anilines is 2. The predicted octanol–water partition coefficient (Wildman–Crippen LogP) is 2.69. The first kappa shape index (κ1) is 18.5. The van der Waals surface area contributed by atoms with Crippen molar-refractivity contribution in [2.24, 2.45) is 0 Å². The highest BCUT2D eigenvalue weighted by atomic mass is 32.2. The summed E-state index contributed by atoms with van der Waals surface area (Å²) >= 11 is 2.62. The minimum Gasteiger partial charge on any atom is -0.343 e. The van der Waals surface area contributed by atoms with Gasteiger partial charge in [-0.2, -0.15) is 0 Å². The second kappa shape index (κ2) is 7.17. The Morgan fingerprint density at radius 3 is 2.65 bits per heavy atom. The molecule has 3 aromatic heterocycles. The maximum Gasteiger partial charge on any atom is 0.259 e. The number of sulfonamides is 1. The van der Waals surface area contributed by atoms with E-state index in [0.29, 0.717) is 12.1 Å². The van der Waals surface area contributed by atoms with Crippen molar-refractivity contribution >= 4 is 48.9 Å². The van der Waals surface area contributed by atoms with Gasteiger partial charge in [-0.1, -0.05) is 17.4 Å². The topological polar surface area (TPSA) is 106 Å². The summed E-state index contributed by atoms with van der Waals surface area (Å²) in [6, 6.07) is 5.88. The van der Waals surface area contributed by atoms with Gasteiger partial charge in [-0.05, 0) is 31.4 Å². The molecule has 138 valence electrons. The molecule has 0 fully saturated rings. The maximum atomic E-state index is 12.6. The van der Waals surface area contributed by atoms with E-state index in [-0.39, 0.29) is 16.2 Å². The number of thiophene rings is 1. The van der Waals surface area contributed by atoms with E-state index < -0.39 is 10.0 Å². The van der Waals surface area contributed by atoms with Gasteiger partial charge in [0.1, 0.15) is 0 Å². The van der Waals surface area contributed by atoms with E-state index in [1.165, 1.54) is 4.88 Å². The summed E-state index contributed by atoms with van der Waals surface area (Å²) in [4.78, 5) is 13.8. The van der Waals surface area contributed by atoms with Crippen molar-refractivity contribution in [3.63, 3.8) is 0 Å². The predicted molar refractivity (Wildman–Crippen MR) is 104 cm³/mol. The summed E-state index contributed by atoms with van der Waals surface area (Å²) in [5, 5.41) is 12.5. The normalized spacial score (nSPS) is 11.5. The number of amides is 1. The Hall–Kier alpha value is -2.24. The van der Waals surface area contributed by atoms with Crippen molar-refractivity contribution in [2.75, 3.05) is 16.3 Å². The van der Waals surface area contributed by atoms with Crippen LogP contribution < -0.4 is 10.0 Å². The first-order valence-electron chi connectivity index (χ1n) is 7.54. The number of carbonyl (C=O) groups excluding carboxylic acids is 1. The quantitative estimate of drug-likeness (QED) is 0.649. The van der Waals surface area contributed by atoms with Crippen molar-refractivity contribution in [1.29, 1.82) is 0 Å². The van der Waals surface area contributed by atoms with Gasteiger partial charge in [-0.25, -0.2) is 8.42 Å². The van der Waals surface area contributed by atoms with E-state index in [2.05, 4.69) is 30.9 Å². The molecular weight excluding hydrogens is 394 g/mol. The lowest BCUT2D eigenvalue weighted by molar-refractivity contribution is 0.102.